The Morgan fingerprint density at radius 2 is 1.85 bits per heavy atom. The number of nitrogens with one attached hydrogen (secondary N) is 1. The number of aromatic hydroxyl groups is 1. The van der Waals surface area contributed by atoms with E-state index in [1.54, 1.807) is 12.1 Å². The summed E-state index contributed by atoms with van der Waals surface area (Å²) < 4.78 is 5.87. The van der Waals surface area contributed by atoms with Gasteiger partial charge >= 0.3 is 0 Å². The molecule has 5 heteroatoms. The van der Waals surface area contributed by atoms with Crippen LogP contribution in [0.1, 0.15) is 5.56 Å². The molecule has 0 bridgehead atoms. The Balaban J connectivity index is 1.76. The molecule has 2 aromatic carbocycles. The number of piperazine rings is 1. The molecule has 1 aliphatic rings. The molecule has 0 saturated carbocycles. The summed E-state index contributed by atoms with van der Waals surface area (Å²) in [4.78, 5) is 16.7. The lowest BCUT2D eigenvalue weighted by molar-refractivity contribution is -0.917. The normalized spacial score (nSPS) is 16.2. The number of phenolic OH excluding ortho intramolecular Hbond substituents is 1. The highest BCUT2D eigenvalue weighted by Gasteiger charge is 2.22. The van der Waals surface area contributed by atoms with Crippen LogP contribution >= 0.6 is 0 Å². The summed E-state index contributed by atoms with van der Waals surface area (Å²) in [6, 6.07) is 12.8. The third kappa shape index (κ3) is 3.11. The van der Waals surface area contributed by atoms with Gasteiger partial charge in [-0.3, -0.25) is 9.69 Å². The molecule has 1 fully saturated rings. The van der Waals surface area contributed by atoms with Crippen LogP contribution in [-0.4, -0.2) is 43.2 Å². The van der Waals surface area contributed by atoms with Crippen LogP contribution < -0.4 is 10.3 Å². The first-order chi connectivity index (χ1) is 12.6. The highest BCUT2D eigenvalue weighted by Crippen LogP contribution is 2.27. The molecule has 0 aliphatic carbocycles. The van der Waals surface area contributed by atoms with Crippen molar-refractivity contribution in [3.8, 4) is 16.9 Å². The van der Waals surface area contributed by atoms with Gasteiger partial charge in [-0.2, -0.15) is 0 Å². The lowest BCUT2D eigenvalue weighted by Crippen LogP contribution is -3.13. The summed E-state index contributed by atoms with van der Waals surface area (Å²) in [5.74, 6) is 0.194. The van der Waals surface area contributed by atoms with Crippen molar-refractivity contribution >= 4 is 11.0 Å². The Hall–Kier alpha value is -2.63. The van der Waals surface area contributed by atoms with Crippen molar-refractivity contribution in [1.82, 2.24) is 4.90 Å². The molecule has 1 aromatic heterocycles. The zero-order chi connectivity index (χ0) is 18.1. The summed E-state index contributed by atoms with van der Waals surface area (Å²) in [5, 5.41) is 10.9. The van der Waals surface area contributed by atoms with Crippen LogP contribution in [0.15, 0.2) is 57.9 Å². The number of phenols is 1. The molecular weight excluding hydrogens is 328 g/mol. The minimum absolute atomic E-state index is 0.0629. The van der Waals surface area contributed by atoms with Gasteiger partial charge in [0.15, 0.2) is 0 Å². The lowest BCUT2D eigenvalue weighted by atomic mass is 10.0. The highest BCUT2D eigenvalue weighted by atomic mass is 16.3. The third-order valence-corrected chi connectivity index (χ3v) is 5.23. The van der Waals surface area contributed by atoms with Gasteiger partial charge in [0.1, 0.15) is 24.1 Å². The molecule has 3 aromatic rings. The van der Waals surface area contributed by atoms with Gasteiger partial charge in [-0.25, -0.2) is 0 Å². The average molecular weight is 351 g/mol. The summed E-state index contributed by atoms with van der Waals surface area (Å²) in [6.45, 7) is 4.74. The molecule has 2 N–H and O–H groups in total. The lowest BCUT2D eigenvalue weighted by Gasteiger charge is -2.29. The molecule has 134 valence electrons. The van der Waals surface area contributed by atoms with Gasteiger partial charge in [0.05, 0.1) is 29.6 Å². The molecule has 0 spiro atoms. The summed E-state index contributed by atoms with van der Waals surface area (Å²) in [5.41, 5.74) is 2.54. The largest absolute Gasteiger partial charge is 0.507 e. The van der Waals surface area contributed by atoms with Crippen molar-refractivity contribution in [2.45, 2.75) is 6.54 Å². The van der Waals surface area contributed by atoms with Crippen molar-refractivity contribution in [2.75, 3.05) is 33.2 Å². The molecule has 0 atom stereocenters. The van der Waals surface area contributed by atoms with Gasteiger partial charge in [0, 0.05) is 13.1 Å². The molecule has 0 amide bonds. The van der Waals surface area contributed by atoms with Crippen LogP contribution in [0.2, 0.25) is 0 Å². The molecular formula is C21H23N2O3+. The van der Waals surface area contributed by atoms with Crippen LogP contribution in [0.4, 0.5) is 0 Å². The van der Waals surface area contributed by atoms with Crippen LogP contribution in [-0.2, 0) is 6.54 Å². The second-order valence-electron chi connectivity index (χ2n) is 7.01. The van der Waals surface area contributed by atoms with E-state index < -0.39 is 0 Å². The summed E-state index contributed by atoms with van der Waals surface area (Å²) in [7, 11) is 2.12. The molecule has 26 heavy (non-hydrogen) atoms. The minimum Gasteiger partial charge on any atom is -0.507 e. The van der Waals surface area contributed by atoms with Crippen LogP contribution in [0.5, 0.6) is 5.75 Å². The van der Waals surface area contributed by atoms with E-state index in [4.69, 9.17) is 4.42 Å². The number of nitrogens with zero attached hydrogens (tertiary/aromatic N) is 1. The molecule has 4 rings (SSSR count). The summed E-state index contributed by atoms with van der Waals surface area (Å²) in [6.07, 6.45) is 1.52. The standard InChI is InChI=1S/C21H22N2O3/c1-22-9-11-23(12-10-22)13-17-19(24)8-7-16-20(25)18(14-26-21(16)17)15-5-3-2-4-6-15/h2-8,14,24H,9-13H2,1H3/p+1. The van der Waals surface area contributed by atoms with Crippen LogP contribution in [0.3, 0.4) is 0 Å². The van der Waals surface area contributed by atoms with Gasteiger partial charge in [-0.15, -0.1) is 0 Å². The van der Waals surface area contributed by atoms with E-state index in [9.17, 15) is 9.90 Å². The topological polar surface area (TPSA) is 58.1 Å². The Kier molecular flexibility index (Phi) is 4.49. The van der Waals surface area contributed by atoms with E-state index >= 15 is 0 Å². The first-order valence-corrected chi connectivity index (χ1v) is 8.97. The number of quaternary nitrogens is 1. The van der Waals surface area contributed by atoms with Gasteiger partial charge in [0.25, 0.3) is 0 Å². The first kappa shape index (κ1) is 16.8. The van der Waals surface area contributed by atoms with Gasteiger partial charge in [-0.05, 0) is 24.7 Å². The fraction of sp³-hybridized carbons (Fsp3) is 0.286. The predicted octanol–water partition coefficient (Wildman–Crippen LogP) is 1.50. The average Bonchev–Trinajstić information content (AvgIpc) is 2.66. The molecule has 5 nitrogen and oxygen atoms in total. The van der Waals surface area contributed by atoms with Crippen molar-refractivity contribution in [3.05, 3.63) is 64.5 Å². The first-order valence-electron chi connectivity index (χ1n) is 8.97. The second-order valence-corrected chi connectivity index (χ2v) is 7.01. The van der Waals surface area contributed by atoms with E-state index in [0.717, 1.165) is 37.3 Å². The van der Waals surface area contributed by atoms with Crippen LogP contribution in [0, 0.1) is 0 Å². The Labute approximate surface area is 152 Å². The zero-order valence-corrected chi connectivity index (χ0v) is 14.9. The van der Waals surface area contributed by atoms with E-state index in [-0.39, 0.29) is 11.2 Å². The molecule has 1 aliphatic heterocycles. The van der Waals surface area contributed by atoms with Crippen LogP contribution in [0.25, 0.3) is 22.1 Å². The van der Waals surface area contributed by atoms with E-state index in [0.29, 0.717) is 23.1 Å². The van der Waals surface area contributed by atoms with Gasteiger partial charge in [0.2, 0.25) is 5.43 Å². The Morgan fingerprint density at radius 1 is 1.12 bits per heavy atom. The fourth-order valence-corrected chi connectivity index (χ4v) is 3.60. The summed E-state index contributed by atoms with van der Waals surface area (Å²) >= 11 is 0. The predicted molar refractivity (Wildman–Crippen MR) is 101 cm³/mol. The number of fused-ring (bicyclic) bond motifs is 1. The smallest absolute Gasteiger partial charge is 0.200 e. The van der Waals surface area contributed by atoms with E-state index in [1.165, 1.54) is 11.2 Å². The van der Waals surface area contributed by atoms with Crippen molar-refractivity contribution in [3.63, 3.8) is 0 Å². The minimum atomic E-state index is -0.0629. The van der Waals surface area contributed by atoms with Crippen molar-refractivity contribution in [1.29, 1.82) is 0 Å². The van der Waals surface area contributed by atoms with E-state index in [2.05, 4.69) is 11.9 Å². The fourth-order valence-electron chi connectivity index (χ4n) is 3.60. The Bertz CT molecular complexity index is 974. The maximum absolute atomic E-state index is 13.0. The number of hydrogen-bond donors (Lipinski definition) is 2. The van der Waals surface area contributed by atoms with Gasteiger partial charge in [-0.1, -0.05) is 30.3 Å². The maximum atomic E-state index is 13.0. The quantitative estimate of drug-likeness (QED) is 0.751. The SMILES string of the molecule is CN1CC[NH+](Cc2c(O)ccc3c(=O)c(-c4ccccc4)coc23)CC1. The molecule has 0 radical (unpaired) electrons. The molecule has 0 unspecified atom stereocenters. The van der Waals surface area contributed by atoms with E-state index in [1.807, 2.05) is 30.3 Å². The monoisotopic (exact) mass is 351 g/mol. The second kappa shape index (κ2) is 6.94. The number of hydrogen-bond acceptors (Lipinski definition) is 4. The Morgan fingerprint density at radius 3 is 2.58 bits per heavy atom. The molecule has 2 heterocycles. The van der Waals surface area contributed by atoms with Gasteiger partial charge < -0.3 is 14.4 Å². The number of likely N-dealkylation sites (N-methyl/N-ethyl adjacent to an activating group) is 1. The number of benzene rings is 2. The third-order valence-electron chi connectivity index (χ3n) is 5.23. The molecule has 1 saturated heterocycles. The van der Waals surface area contributed by atoms with Crippen molar-refractivity contribution in [2.24, 2.45) is 0 Å². The number of rotatable bonds is 3. The highest BCUT2D eigenvalue weighted by molar-refractivity contribution is 5.85. The zero-order valence-electron chi connectivity index (χ0n) is 14.9. The van der Waals surface area contributed by atoms with Crippen molar-refractivity contribution < 1.29 is 14.4 Å². The maximum Gasteiger partial charge on any atom is 0.200 e.